The Bertz CT molecular complexity index is 474. The standard InChI is InChI=1S/C14H21ClN2O2/c1-10-11(12(15)17(2)16-10)9-14(13(18)19)7-5-3-4-6-8-14/h3-9H2,1-2H3,(H,18,19). The first-order valence-corrected chi connectivity index (χ1v) is 7.25. The van der Waals surface area contributed by atoms with E-state index in [1.54, 1.807) is 11.7 Å². The van der Waals surface area contributed by atoms with Crippen LogP contribution >= 0.6 is 11.6 Å². The number of nitrogens with zero attached hydrogens (tertiary/aromatic N) is 2. The quantitative estimate of drug-likeness (QED) is 0.866. The molecule has 0 radical (unpaired) electrons. The van der Waals surface area contributed by atoms with Crippen LogP contribution in [0, 0.1) is 12.3 Å². The first-order chi connectivity index (χ1) is 8.96. The van der Waals surface area contributed by atoms with Gasteiger partial charge in [0.2, 0.25) is 0 Å². The van der Waals surface area contributed by atoms with Crippen LogP contribution < -0.4 is 0 Å². The Balaban J connectivity index is 2.32. The van der Waals surface area contributed by atoms with Gasteiger partial charge in [-0.2, -0.15) is 5.10 Å². The van der Waals surface area contributed by atoms with Crippen molar-refractivity contribution < 1.29 is 9.90 Å². The van der Waals surface area contributed by atoms with Gasteiger partial charge in [-0.05, 0) is 26.2 Å². The number of rotatable bonds is 3. The number of aliphatic carboxylic acids is 1. The number of halogens is 1. The number of carboxylic acid groups (broad SMARTS) is 1. The van der Waals surface area contributed by atoms with Crippen LogP contribution in [-0.2, 0) is 18.3 Å². The summed E-state index contributed by atoms with van der Waals surface area (Å²) in [6.07, 6.45) is 6.23. The molecule has 4 nitrogen and oxygen atoms in total. The lowest BCUT2D eigenvalue weighted by Crippen LogP contribution is -2.33. The second kappa shape index (κ2) is 5.53. The van der Waals surface area contributed by atoms with Gasteiger partial charge in [0.15, 0.2) is 0 Å². The Hall–Kier alpha value is -1.03. The number of aromatic nitrogens is 2. The third-order valence-electron chi connectivity index (χ3n) is 4.30. The minimum absolute atomic E-state index is 0.501. The number of carbonyl (C=O) groups is 1. The SMILES string of the molecule is Cc1nn(C)c(Cl)c1CC1(C(=O)O)CCCCCC1. The van der Waals surface area contributed by atoms with Gasteiger partial charge < -0.3 is 5.11 Å². The molecule has 1 heterocycles. The summed E-state index contributed by atoms with van der Waals surface area (Å²) in [6, 6.07) is 0. The van der Waals surface area contributed by atoms with Crippen LogP contribution in [-0.4, -0.2) is 20.9 Å². The topological polar surface area (TPSA) is 55.1 Å². The van der Waals surface area contributed by atoms with Gasteiger partial charge in [-0.3, -0.25) is 9.48 Å². The minimum Gasteiger partial charge on any atom is -0.481 e. The zero-order valence-electron chi connectivity index (χ0n) is 11.6. The van der Waals surface area contributed by atoms with Crippen molar-refractivity contribution in [1.82, 2.24) is 9.78 Å². The van der Waals surface area contributed by atoms with Crippen molar-refractivity contribution in [2.75, 3.05) is 0 Å². The van der Waals surface area contributed by atoms with Crippen LogP contribution in [0.25, 0.3) is 0 Å². The smallest absolute Gasteiger partial charge is 0.309 e. The van der Waals surface area contributed by atoms with E-state index in [2.05, 4.69) is 5.10 Å². The van der Waals surface area contributed by atoms with Gasteiger partial charge in [0, 0.05) is 12.6 Å². The van der Waals surface area contributed by atoms with Crippen molar-refractivity contribution in [3.8, 4) is 0 Å². The molecule has 5 heteroatoms. The van der Waals surface area contributed by atoms with Crippen molar-refractivity contribution >= 4 is 17.6 Å². The van der Waals surface area contributed by atoms with Crippen molar-refractivity contribution in [2.45, 2.75) is 51.9 Å². The number of hydrogen-bond donors (Lipinski definition) is 1. The fourth-order valence-electron chi connectivity index (χ4n) is 3.08. The first kappa shape index (κ1) is 14.4. The van der Waals surface area contributed by atoms with Crippen molar-refractivity contribution in [2.24, 2.45) is 12.5 Å². The predicted molar refractivity (Wildman–Crippen MR) is 74.4 cm³/mol. The zero-order valence-corrected chi connectivity index (χ0v) is 12.3. The maximum atomic E-state index is 11.8. The Labute approximate surface area is 118 Å². The lowest BCUT2D eigenvalue weighted by molar-refractivity contribution is -0.149. The van der Waals surface area contributed by atoms with Crippen LogP contribution in [0.5, 0.6) is 0 Å². The lowest BCUT2D eigenvalue weighted by Gasteiger charge is -2.28. The minimum atomic E-state index is -0.686. The van der Waals surface area contributed by atoms with E-state index in [1.165, 1.54) is 0 Å². The second-order valence-electron chi connectivity index (χ2n) is 5.65. The predicted octanol–water partition coefficient (Wildman–Crippen LogP) is 3.35. The molecule has 1 N–H and O–H groups in total. The molecule has 0 aromatic carbocycles. The first-order valence-electron chi connectivity index (χ1n) is 6.88. The maximum Gasteiger partial charge on any atom is 0.309 e. The second-order valence-corrected chi connectivity index (χ2v) is 6.01. The number of carboxylic acids is 1. The highest BCUT2D eigenvalue weighted by Crippen LogP contribution is 2.40. The summed E-state index contributed by atoms with van der Waals surface area (Å²) in [5.74, 6) is -0.686. The van der Waals surface area contributed by atoms with E-state index in [9.17, 15) is 9.90 Å². The summed E-state index contributed by atoms with van der Waals surface area (Å²) in [4.78, 5) is 11.8. The van der Waals surface area contributed by atoms with Gasteiger partial charge in [0.1, 0.15) is 5.15 Å². The van der Waals surface area contributed by atoms with Crippen LogP contribution in [0.1, 0.15) is 49.8 Å². The molecule has 1 aromatic rings. The average molecular weight is 285 g/mol. The molecule has 0 saturated heterocycles. The fourth-order valence-corrected chi connectivity index (χ4v) is 3.33. The van der Waals surface area contributed by atoms with Crippen LogP contribution in [0.4, 0.5) is 0 Å². The summed E-state index contributed by atoms with van der Waals surface area (Å²) in [7, 11) is 1.79. The van der Waals surface area contributed by atoms with Gasteiger partial charge in [-0.1, -0.05) is 37.3 Å². The largest absolute Gasteiger partial charge is 0.481 e. The van der Waals surface area contributed by atoms with Crippen LogP contribution in [0.2, 0.25) is 5.15 Å². The number of aryl methyl sites for hydroxylation is 2. The van der Waals surface area contributed by atoms with Crippen molar-refractivity contribution in [3.63, 3.8) is 0 Å². The summed E-state index contributed by atoms with van der Waals surface area (Å²) < 4.78 is 1.62. The van der Waals surface area contributed by atoms with Gasteiger partial charge in [0.05, 0.1) is 11.1 Å². The molecule has 0 atom stereocenters. The van der Waals surface area contributed by atoms with Gasteiger partial charge in [-0.15, -0.1) is 0 Å². The molecule has 0 unspecified atom stereocenters. The fraction of sp³-hybridized carbons (Fsp3) is 0.714. The molecular weight excluding hydrogens is 264 g/mol. The highest BCUT2D eigenvalue weighted by molar-refractivity contribution is 6.30. The Morgan fingerprint density at radius 1 is 1.37 bits per heavy atom. The third-order valence-corrected chi connectivity index (χ3v) is 4.77. The van der Waals surface area contributed by atoms with Gasteiger partial charge in [-0.25, -0.2) is 0 Å². The van der Waals surface area contributed by atoms with E-state index in [0.717, 1.165) is 49.8 Å². The maximum absolute atomic E-state index is 11.8. The van der Waals surface area contributed by atoms with Crippen molar-refractivity contribution in [1.29, 1.82) is 0 Å². The molecule has 1 aromatic heterocycles. The van der Waals surface area contributed by atoms with E-state index in [0.29, 0.717) is 11.6 Å². The average Bonchev–Trinajstić information content (AvgIpc) is 2.58. The monoisotopic (exact) mass is 284 g/mol. The third kappa shape index (κ3) is 2.78. The van der Waals surface area contributed by atoms with E-state index in [1.807, 2.05) is 6.92 Å². The molecule has 2 rings (SSSR count). The van der Waals surface area contributed by atoms with Crippen molar-refractivity contribution in [3.05, 3.63) is 16.4 Å². The number of hydrogen-bond acceptors (Lipinski definition) is 2. The summed E-state index contributed by atoms with van der Waals surface area (Å²) >= 11 is 6.25. The molecule has 106 valence electrons. The summed E-state index contributed by atoms with van der Waals surface area (Å²) in [5.41, 5.74) is 1.08. The van der Waals surface area contributed by atoms with Gasteiger partial charge in [0.25, 0.3) is 0 Å². The van der Waals surface area contributed by atoms with Crippen LogP contribution in [0.3, 0.4) is 0 Å². The Kier molecular flexibility index (Phi) is 4.19. The van der Waals surface area contributed by atoms with Gasteiger partial charge >= 0.3 is 5.97 Å². The van der Waals surface area contributed by atoms with E-state index >= 15 is 0 Å². The Morgan fingerprint density at radius 3 is 2.37 bits per heavy atom. The van der Waals surface area contributed by atoms with E-state index < -0.39 is 11.4 Å². The highest BCUT2D eigenvalue weighted by atomic mass is 35.5. The molecule has 0 spiro atoms. The normalized spacial score (nSPS) is 19.1. The molecule has 1 fully saturated rings. The van der Waals surface area contributed by atoms with E-state index in [4.69, 9.17) is 11.6 Å². The molecule has 0 amide bonds. The summed E-state index contributed by atoms with van der Waals surface area (Å²) in [5, 5.41) is 14.5. The molecule has 19 heavy (non-hydrogen) atoms. The van der Waals surface area contributed by atoms with Crippen LogP contribution in [0.15, 0.2) is 0 Å². The lowest BCUT2D eigenvalue weighted by atomic mass is 9.75. The van der Waals surface area contributed by atoms with E-state index in [-0.39, 0.29) is 0 Å². The highest BCUT2D eigenvalue weighted by Gasteiger charge is 2.40. The molecule has 1 aliphatic carbocycles. The molecule has 0 bridgehead atoms. The molecular formula is C14H21ClN2O2. The summed E-state index contributed by atoms with van der Waals surface area (Å²) in [6.45, 7) is 1.90. The zero-order chi connectivity index (χ0) is 14.0. The molecule has 1 saturated carbocycles. The molecule has 1 aliphatic rings. The Morgan fingerprint density at radius 2 is 1.95 bits per heavy atom. The molecule has 0 aliphatic heterocycles.